The zero-order chi connectivity index (χ0) is 40.1. The highest BCUT2D eigenvalue weighted by molar-refractivity contribution is 7.09. The van der Waals surface area contributed by atoms with Crippen molar-refractivity contribution >= 4 is 34.7 Å². The molecule has 0 bridgehead atoms. The molecule has 2 amide bonds. The molecule has 54 heavy (non-hydrogen) atoms. The summed E-state index contributed by atoms with van der Waals surface area (Å²) in [7, 11) is 6.80. The lowest BCUT2D eigenvalue weighted by atomic mass is 9.84. The van der Waals surface area contributed by atoms with E-state index in [9.17, 15) is 19.2 Å². The van der Waals surface area contributed by atoms with Crippen LogP contribution < -0.4 is 5.32 Å². The molecular weight excluding hydrogens is 701 g/mol. The summed E-state index contributed by atoms with van der Waals surface area (Å²) >= 11 is 1.57. The van der Waals surface area contributed by atoms with E-state index < -0.39 is 24.0 Å². The van der Waals surface area contributed by atoms with Crippen molar-refractivity contribution < 1.29 is 28.7 Å². The van der Waals surface area contributed by atoms with Crippen molar-refractivity contribution in [3.63, 3.8) is 0 Å². The van der Waals surface area contributed by atoms with Gasteiger partial charge in [0.1, 0.15) is 5.78 Å². The lowest BCUT2D eigenvalue weighted by Crippen LogP contribution is -2.54. The molecule has 9 atom stereocenters. The van der Waals surface area contributed by atoms with Crippen LogP contribution in [-0.2, 0) is 35.1 Å². The van der Waals surface area contributed by atoms with Crippen molar-refractivity contribution in [2.45, 2.75) is 130 Å². The van der Waals surface area contributed by atoms with Crippen LogP contribution >= 0.6 is 11.3 Å². The minimum atomic E-state index is -0.566. The molecule has 2 heterocycles. The maximum Gasteiger partial charge on any atom is 0.226 e. The van der Waals surface area contributed by atoms with Crippen LogP contribution in [-0.4, -0.2) is 103 Å². The van der Waals surface area contributed by atoms with E-state index in [0.717, 1.165) is 29.8 Å². The first-order valence-corrected chi connectivity index (χ1v) is 20.9. The Hall–Kier alpha value is -2.99. The Kier molecular flexibility index (Phi) is 18.4. The molecule has 1 fully saturated rings. The number of Topliss-reactive ketones (excluding diaryl/α,β-unsaturated/α-hetero) is 2. The molecule has 0 aliphatic carbocycles. The number of ether oxygens (including phenoxy) is 2. The fourth-order valence-corrected chi connectivity index (χ4v) is 9.17. The number of amides is 2. The van der Waals surface area contributed by atoms with Gasteiger partial charge < -0.3 is 24.6 Å². The van der Waals surface area contributed by atoms with E-state index in [1.165, 1.54) is 0 Å². The zero-order valence-corrected chi connectivity index (χ0v) is 35.6. The third kappa shape index (κ3) is 11.8. The molecule has 1 unspecified atom stereocenters. The second-order valence-corrected chi connectivity index (χ2v) is 17.0. The molecule has 1 aromatic heterocycles. The van der Waals surface area contributed by atoms with E-state index in [1.807, 2.05) is 63.1 Å². The summed E-state index contributed by atoms with van der Waals surface area (Å²) in [5.41, 5.74) is 1.16. The molecule has 1 aromatic carbocycles. The van der Waals surface area contributed by atoms with Crippen LogP contribution in [0.3, 0.4) is 0 Å². The topological polar surface area (TPSA) is 118 Å². The first-order chi connectivity index (χ1) is 25.7. The van der Waals surface area contributed by atoms with Crippen molar-refractivity contribution in [1.29, 1.82) is 0 Å². The van der Waals surface area contributed by atoms with Gasteiger partial charge in [0.15, 0.2) is 5.78 Å². The van der Waals surface area contributed by atoms with Crippen LogP contribution in [0.5, 0.6) is 0 Å². The van der Waals surface area contributed by atoms with Gasteiger partial charge in [0.05, 0.1) is 41.8 Å². The van der Waals surface area contributed by atoms with Crippen LogP contribution in [0.15, 0.2) is 41.9 Å². The number of ketones is 2. The third-order valence-corrected chi connectivity index (χ3v) is 12.7. The lowest BCUT2D eigenvalue weighted by molar-refractivity contribution is -0.149. The number of benzene rings is 1. The Morgan fingerprint density at radius 1 is 0.963 bits per heavy atom. The largest absolute Gasteiger partial charge is 0.379 e. The Labute approximate surface area is 329 Å². The average Bonchev–Trinajstić information content (AvgIpc) is 3.87. The van der Waals surface area contributed by atoms with Crippen molar-refractivity contribution in [3.05, 3.63) is 52.5 Å². The van der Waals surface area contributed by atoms with Gasteiger partial charge in [0.2, 0.25) is 11.8 Å². The number of nitrogens with one attached hydrogen (secondary N) is 1. The van der Waals surface area contributed by atoms with Crippen molar-refractivity contribution in [2.24, 2.45) is 29.6 Å². The summed E-state index contributed by atoms with van der Waals surface area (Å²) in [6.07, 6.45) is 4.37. The van der Waals surface area contributed by atoms with Gasteiger partial charge in [0, 0.05) is 70.0 Å². The highest BCUT2D eigenvalue weighted by Gasteiger charge is 2.43. The van der Waals surface area contributed by atoms with E-state index >= 15 is 0 Å². The number of thiazole rings is 1. The molecule has 302 valence electrons. The van der Waals surface area contributed by atoms with E-state index in [-0.39, 0.29) is 78.0 Å². The first kappa shape index (κ1) is 45.4. The monoisotopic (exact) mass is 768 g/mol. The van der Waals surface area contributed by atoms with Crippen LogP contribution in [0, 0.1) is 29.6 Å². The van der Waals surface area contributed by atoms with E-state index in [2.05, 4.69) is 36.3 Å². The van der Waals surface area contributed by atoms with Crippen molar-refractivity contribution in [1.82, 2.24) is 20.1 Å². The number of carbonyl (C=O) groups excluding carboxylic acids is 4. The number of rotatable bonds is 23. The fourth-order valence-electron chi connectivity index (χ4n) is 8.43. The van der Waals surface area contributed by atoms with E-state index in [4.69, 9.17) is 9.47 Å². The maximum absolute atomic E-state index is 14.3. The molecule has 0 spiro atoms. The number of nitrogens with zero attached hydrogens (tertiary/aromatic N) is 3. The van der Waals surface area contributed by atoms with Gasteiger partial charge in [-0.3, -0.25) is 19.2 Å². The number of aromatic nitrogens is 1. The smallest absolute Gasteiger partial charge is 0.226 e. The zero-order valence-electron chi connectivity index (χ0n) is 34.7. The fraction of sp³-hybridized carbons (Fsp3) is 0.698. The molecule has 1 aliphatic rings. The molecule has 1 saturated heterocycles. The van der Waals surface area contributed by atoms with E-state index in [1.54, 1.807) is 50.7 Å². The normalized spacial score (nSPS) is 19.2. The number of likely N-dealkylation sites (N-methyl/N-ethyl adjacent to an activating group) is 2. The second-order valence-electron chi connectivity index (χ2n) is 16.0. The summed E-state index contributed by atoms with van der Waals surface area (Å²) in [5.74, 6) is -0.952. The lowest BCUT2D eigenvalue weighted by Gasteiger charge is -2.41. The molecule has 0 saturated carbocycles. The Morgan fingerprint density at radius 2 is 1.65 bits per heavy atom. The van der Waals surface area contributed by atoms with Crippen molar-refractivity contribution in [2.75, 3.05) is 34.9 Å². The minimum Gasteiger partial charge on any atom is -0.379 e. The van der Waals surface area contributed by atoms with Gasteiger partial charge in [-0.25, -0.2) is 4.98 Å². The molecule has 1 aliphatic heterocycles. The second kappa shape index (κ2) is 21.9. The van der Waals surface area contributed by atoms with Gasteiger partial charge in [-0.05, 0) is 49.6 Å². The molecule has 11 heteroatoms. The van der Waals surface area contributed by atoms with Crippen molar-refractivity contribution in [3.8, 4) is 0 Å². The third-order valence-electron chi connectivity index (χ3n) is 11.8. The summed E-state index contributed by atoms with van der Waals surface area (Å²) in [6.45, 7) is 14.6. The number of methoxy groups -OCH3 is 2. The van der Waals surface area contributed by atoms with Gasteiger partial charge >= 0.3 is 0 Å². The average molecular weight is 769 g/mol. The summed E-state index contributed by atoms with van der Waals surface area (Å²) in [6, 6.07) is 9.21. The van der Waals surface area contributed by atoms with Crippen LogP contribution in [0.4, 0.5) is 0 Å². The van der Waals surface area contributed by atoms with Gasteiger partial charge in [0.25, 0.3) is 0 Å². The van der Waals surface area contributed by atoms with Crippen LogP contribution in [0.2, 0.25) is 0 Å². The van der Waals surface area contributed by atoms with Gasteiger partial charge in [-0.2, -0.15) is 0 Å². The molecule has 2 aromatic rings. The first-order valence-electron chi connectivity index (χ1n) is 20.0. The number of hydrogen-bond acceptors (Lipinski definition) is 9. The van der Waals surface area contributed by atoms with E-state index in [0.29, 0.717) is 19.4 Å². The quantitative estimate of drug-likeness (QED) is 0.131. The van der Waals surface area contributed by atoms with Gasteiger partial charge in [-0.15, -0.1) is 11.3 Å². The highest BCUT2D eigenvalue weighted by atomic mass is 32.1. The number of carbonyl (C=O) groups is 4. The Bertz CT molecular complexity index is 1450. The summed E-state index contributed by atoms with van der Waals surface area (Å²) in [4.78, 5) is 64.1. The van der Waals surface area contributed by atoms with Crippen LogP contribution in [0.1, 0.15) is 103 Å². The molecule has 0 radical (unpaired) electrons. The molecular formula is C43H68N4O6S. The summed E-state index contributed by atoms with van der Waals surface area (Å²) in [5, 5.41) is 6.02. The van der Waals surface area contributed by atoms with Crippen LogP contribution in [0.25, 0.3) is 0 Å². The standard InChI is InChI=1S/C43H68N4O6S/c1-12-29(6)40(46(9)43(51)33(27(2)3)25-36(49)39(44-8)28(4)5)37(52-10)26-38(50)47-21-16-19-34(47)41(53-11)30(7)35(48)24-32(42-45-20-22-54-42)23-31-17-14-13-15-18-31/h13-15,17-18,20,22,27-30,32-34,37,39-41,44H,12,16,19,21,23-26H2,1-11H3/t29?,30-,32+,33-,34-,37+,39-,40-,41+/m0/s1. The highest BCUT2D eigenvalue weighted by Crippen LogP contribution is 2.33. The predicted octanol–water partition coefficient (Wildman–Crippen LogP) is 6.82. The Balaban J connectivity index is 1.78. The molecule has 3 rings (SSSR count). The number of likely N-dealkylation sites (tertiary alicyclic amines) is 1. The SMILES string of the molecule is CCC(C)[C@@H]([C@@H](CC(=O)N1CCC[C@H]1[C@H](OC)[C@@H](C)C(=O)C[C@@H](Cc1ccccc1)c1nccs1)OC)N(C)C(=O)[C@@H](CC(=O)[C@@H](NC)C(C)C)C(C)C. The molecule has 10 nitrogen and oxygen atoms in total. The summed E-state index contributed by atoms with van der Waals surface area (Å²) < 4.78 is 12.1. The maximum atomic E-state index is 14.3. The Morgan fingerprint density at radius 3 is 2.19 bits per heavy atom. The molecule has 1 N–H and O–H groups in total. The van der Waals surface area contributed by atoms with Gasteiger partial charge in [-0.1, -0.05) is 85.2 Å². The minimum absolute atomic E-state index is 0.0290. The number of hydrogen-bond donors (Lipinski definition) is 1. The predicted molar refractivity (Wildman–Crippen MR) is 216 cm³/mol.